The highest BCUT2D eigenvalue weighted by Crippen LogP contribution is 2.49. The van der Waals surface area contributed by atoms with E-state index in [1.807, 2.05) is 18.2 Å². The van der Waals surface area contributed by atoms with Gasteiger partial charge in [-0.3, -0.25) is 9.11 Å². The van der Waals surface area contributed by atoms with Crippen LogP contribution in [0, 0.1) is 0 Å². The first kappa shape index (κ1) is 18.2. The smallest absolute Gasteiger partial charge is 0.394 e. The monoisotopic (exact) mass is 383 g/mol. The summed E-state index contributed by atoms with van der Waals surface area (Å²) < 4.78 is 37.7. The van der Waals surface area contributed by atoms with Gasteiger partial charge in [-0.1, -0.05) is 29.8 Å². The van der Waals surface area contributed by atoms with Crippen LogP contribution in [0.15, 0.2) is 42.5 Å². The molecule has 134 valence electrons. The molecule has 1 fully saturated rings. The van der Waals surface area contributed by atoms with Gasteiger partial charge in [0.25, 0.3) is 0 Å². The van der Waals surface area contributed by atoms with Crippen molar-refractivity contribution >= 4 is 22.0 Å². The number of halogens is 1. The van der Waals surface area contributed by atoms with Crippen LogP contribution in [0.4, 0.5) is 0 Å². The predicted molar refractivity (Wildman–Crippen MR) is 95.1 cm³/mol. The Kier molecular flexibility index (Phi) is 5.04. The quantitative estimate of drug-likeness (QED) is 0.676. The van der Waals surface area contributed by atoms with Gasteiger partial charge in [-0.2, -0.15) is 8.42 Å². The van der Waals surface area contributed by atoms with Crippen LogP contribution in [0.25, 0.3) is 0 Å². The van der Waals surface area contributed by atoms with Crippen LogP contribution in [-0.4, -0.2) is 42.6 Å². The lowest BCUT2D eigenvalue weighted by Gasteiger charge is -2.17. The van der Waals surface area contributed by atoms with E-state index in [9.17, 15) is 0 Å². The van der Waals surface area contributed by atoms with E-state index in [0.717, 1.165) is 29.6 Å². The van der Waals surface area contributed by atoms with E-state index in [1.54, 1.807) is 0 Å². The number of hydrogen-bond acceptors (Lipinski definition) is 4. The third-order valence-electron chi connectivity index (χ3n) is 4.41. The van der Waals surface area contributed by atoms with E-state index < -0.39 is 10.4 Å². The van der Waals surface area contributed by atoms with Crippen molar-refractivity contribution in [2.45, 2.75) is 11.8 Å². The number of nitrogens with zero attached hydrogens (tertiary/aromatic N) is 1. The predicted octanol–water partition coefficient (Wildman–Crippen LogP) is 3.61. The summed E-state index contributed by atoms with van der Waals surface area (Å²) in [4.78, 5) is 2.39. The summed E-state index contributed by atoms with van der Waals surface area (Å²) in [5.41, 5.74) is 2.55. The van der Waals surface area contributed by atoms with Crippen LogP contribution < -0.4 is 4.74 Å². The van der Waals surface area contributed by atoms with E-state index in [0.29, 0.717) is 11.8 Å². The van der Waals surface area contributed by atoms with Gasteiger partial charge in [0.1, 0.15) is 11.5 Å². The molecule has 2 aliphatic heterocycles. The van der Waals surface area contributed by atoms with E-state index >= 15 is 0 Å². The minimum absolute atomic E-state index is 0.456. The second-order valence-corrected chi connectivity index (χ2v) is 7.54. The molecule has 4 rings (SSSR count). The molecule has 0 aromatic heterocycles. The normalized spacial score (nSPS) is 21.8. The van der Waals surface area contributed by atoms with Gasteiger partial charge in [0.15, 0.2) is 0 Å². The van der Waals surface area contributed by atoms with Gasteiger partial charge >= 0.3 is 10.4 Å². The fourth-order valence-corrected chi connectivity index (χ4v) is 3.71. The molecule has 8 heteroatoms. The average molecular weight is 384 g/mol. The van der Waals surface area contributed by atoms with Gasteiger partial charge in [0.2, 0.25) is 0 Å². The second kappa shape index (κ2) is 6.93. The zero-order chi connectivity index (χ0) is 18.2. The maximum Gasteiger partial charge on any atom is 0.394 e. The van der Waals surface area contributed by atoms with E-state index in [2.05, 4.69) is 36.2 Å². The molecular formula is C17H18ClNO5S. The van der Waals surface area contributed by atoms with Crippen LogP contribution in [0.2, 0.25) is 5.02 Å². The molecule has 0 aliphatic carbocycles. The SMILES string of the molecule is CN1C[C@H]2c3ccccc3Oc3ccc(Cl)cc3[C@@H]2C1.O=S(=O)(O)O. The summed E-state index contributed by atoms with van der Waals surface area (Å²) in [7, 11) is -2.48. The molecule has 25 heavy (non-hydrogen) atoms. The molecule has 2 N–H and O–H groups in total. The number of para-hydroxylation sites is 1. The Morgan fingerprint density at radius 3 is 2.28 bits per heavy atom. The Morgan fingerprint density at radius 2 is 1.60 bits per heavy atom. The third-order valence-corrected chi connectivity index (χ3v) is 4.65. The minimum atomic E-state index is -4.67. The minimum Gasteiger partial charge on any atom is -0.457 e. The van der Waals surface area contributed by atoms with Crippen molar-refractivity contribution in [1.29, 1.82) is 0 Å². The van der Waals surface area contributed by atoms with Gasteiger partial charge in [0, 0.05) is 35.5 Å². The fraction of sp³-hybridized carbons (Fsp3) is 0.294. The van der Waals surface area contributed by atoms with Crippen molar-refractivity contribution < 1.29 is 22.3 Å². The van der Waals surface area contributed by atoms with Gasteiger partial charge < -0.3 is 9.64 Å². The summed E-state index contributed by atoms with van der Waals surface area (Å²) in [6.07, 6.45) is 0. The van der Waals surface area contributed by atoms with Crippen molar-refractivity contribution in [2.24, 2.45) is 0 Å². The molecule has 0 unspecified atom stereocenters. The lowest BCUT2D eigenvalue weighted by Crippen LogP contribution is -2.14. The summed E-state index contributed by atoms with van der Waals surface area (Å²) in [6.45, 7) is 2.12. The zero-order valence-corrected chi connectivity index (χ0v) is 15.0. The van der Waals surface area contributed by atoms with Crippen molar-refractivity contribution in [3.63, 3.8) is 0 Å². The fourth-order valence-electron chi connectivity index (χ4n) is 3.53. The summed E-state index contributed by atoms with van der Waals surface area (Å²) >= 11 is 6.20. The van der Waals surface area contributed by atoms with Gasteiger partial charge in [-0.25, -0.2) is 0 Å². The first-order chi connectivity index (χ1) is 11.7. The Labute approximate surface area is 151 Å². The van der Waals surface area contributed by atoms with Crippen molar-refractivity contribution in [3.05, 3.63) is 58.6 Å². The number of ether oxygens (including phenoxy) is 1. The molecule has 0 bridgehead atoms. The highest BCUT2D eigenvalue weighted by Gasteiger charge is 2.38. The molecule has 6 nitrogen and oxygen atoms in total. The van der Waals surface area contributed by atoms with Gasteiger partial charge in [-0.15, -0.1) is 0 Å². The van der Waals surface area contributed by atoms with Crippen LogP contribution in [0.5, 0.6) is 11.5 Å². The first-order valence-corrected chi connectivity index (χ1v) is 9.44. The maximum absolute atomic E-state index is 8.74. The third kappa shape index (κ3) is 4.31. The molecule has 2 aliphatic rings. The summed E-state index contributed by atoms with van der Waals surface area (Å²) in [6, 6.07) is 14.4. The molecule has 2 aromatic carbocycles. The van der Waals surface area contributed by atoms with E-state index in [1.165, 1.54) is 11.1 Å². The second-order valence-electron chi connectivity index (χ2n) is 6.20. The molecule has 1 saturated heterocycles. The largest absolute Gasteiger partial charge is 0.457 e. The summed E-state index contributed by atoms with van der Waals surface area (Å²) in [5.74, 6) is 2.87. The molecule has 0 spiro atoms. The Morgan fingerprint density at radius 1 is 1.04 bits per heavy atom. The number of fused-ring (bicyclic) bond motifs is 5. The Hall–Kier alpha value is -1.64. The number of likely N-dealkylation sites (tertiary alicyclic amines) is 1. The van der Waals surface area contributed by atoms with Crippen molar-refractivity contribution in [3.8, 4) is 11.5 Å². The highest BCUT2D eigenvalue weighted by atomic mass is 35.5. The topological polar surface area (TPSA) is 87.1 Å². The molecule has 0 amide bonds. The van der Waals surface area contributed by atoms with Crippen LogP contribution in [-0.2, 0) is 10.4 Å². The molecule has 2 heterocycles. The van der Waals surface area contributed by atoms with E-state index in [-0.39, 0.29) is 0 Å². The first-order valence-electron chi connectivity index (χ1n) is 7.67. The van der Waals surface area contributed by atoms with Gasteiger partial charge in [0.05, 0.1) is 0 Å². The van der Waals surface area contributed by atoms with E-state index in [4.69, 9.17) is 33.9 Å². The molecule has 2 aromatic rings. The van der Waals surface area contributed by atoms with Crippen LogP contribution in [0.3, 0.4) is 0 Å². The molecular weight excluding hydrogens is 366 g/mol. The number of likely N-dealkylation sites (N-methyl/N-ethyl adjacent to an activating group) is 1. The maximum atomic E-state index is 8.74. The lowest BCUT2D eigenvalue weighted by atomic mass is 9.84. The lowest BCUT2D eigenvalue weighted by molar-refractivity contribution is 0.381. The van der Waals surface area contributed by atoms with Gasteiger partial charge in [-0.05, 0) is 36.9 Å². The highest BCUT2D eigenvalue weighted by molar-refractivity contribution is 7.79. The number of benzene rings is 2. The Balaban J connectivity index is 0.000000324. The Bertz CT molecular complexity index is 878. The van der Waals surface area contributed by atoms with Crippen molar-refractivity contribution in [1.82, 2.24) is 4.90 Å². The number of hydrogen-bond donors (Lipinski definition) is 2. The molecule has 0 radical (unpaired) electrons. The van der Waals surface area contributed by atoms with Crippen LogP contribution >= 0.6 is 11.6 Å². The molecule has 0 saturated carbocycles. The molecule has 2 atom stereocenters. The zero-order valence-electron chi connectivity index (χ0n) is 13.5. The van der Waals surface area contributed by atoms with Crippen LogP contribution in [0.1, 0.15) is 23.0 Å². The average Bonchev–Trinajstić information content (AvgIpc) is 2.84. The van der Waals surface area contributed by atoms with Crippen molar-refractivity contribution in [2.75, 3.05) is 20.1 Å². The standard InChI is InChI=1S/C17H16ClNO.H2O4S/c1-19-9-14-12-4-2-3-5-16(12)20-17-7-6-11(18)8-13(17)15(14)10-19;1-5(2,3)4/h2-8,14-15H,9-10H2,1H3;(H2,1,2,3,4)/t14-,15-;/m0./s1. The number of rotatable bonds is 0. The summed E-state index contributed by atoms with van der Waals surface area (Å²) in [5, 5.41) is 0.784.